The van der Waals surface area contributed by atoms with Crippen molar-refractivity contribution in [1.29, 1.82) is 0 Å². The lowest BCUT2D eigenvalue weighted by atomic mass is 9.92. The molecule has 21 heteroatoms. The Hall–Kier alpha value is -4.67. The number of aliphatic carboxylic acids is 1. The van der Waals surface area contributed by atoms with Crippen molar-refractivity contribution in [3.63, 3.8) is 0 Å². The van der Waals surface area contributed by atoms with Gasteiger partial charge in [-0.1, -0.05) is 6.08 Å². The fraction of sp³-hybridized carbons (Fsp3) is 0.522. The summed E-state index contributed by atoms with van der Waals surface area (Å²) in [5.74, 6) is -5.79. The second kappa shape index (κ2) is 13.3. The van der Waals surface area contributed by atoms with E-state index in [2.05, 4.69) is 10.1 Å². The van der Waals surface area contributed by atoms with Crippen molar-refractivity contribution < 1.29 is 64.1 Å². The van der Waals surface area contributed by atoms with Crippen LogP contribution in [0.25, 0.3) is 0 Å². The largest absolute Gasteiger partial charge is 0.479 e. The van der Waals surface area contributed by atoms with Crippen molar-refractivity contribution in [1.82, 2.24) is 19.8 Å². The van der Waals surface area contributed by atoms with Crippen molar-refractivity contribution in [3.05, 3.63) is 44.2 Å². The first-order valence-electron chi connectivity index (χ1n) is 12.6. The van der Waals surface area contributed by atoms with Crippen LogP contribution in [0.5, 0.6) is 0 Å². The van der Waals surface area contributed by atoms with Crippen LogP contribution in [0.2, 0.25) is 0 Å². The van der Waals surface area contributed by atoms with E-state index in [0.29, 0.717) is 16.3 Å². The number of ether oxygens (including phenoxy) is 2. The molecule has 0 saturated carbocycles. The van der Waals surface area contributed by atoms with E-state index in [-0.39, 0.29) is 6.54 Å². The lowest BCUT2D eigenvalue weighted by Crippen LogP contribution is -2.67. The second-order valence-electron chi connectivity index (χ2n) is 9.76. The number of likely N-dealkylation sites (tertiary alicyclic amines) is 1. The van der Waals surface area contributed by atoms with Gasteiger partial charge in [-0.15, -0.1) is 0 Å². The third-order valence-electron chi connectivity index (χ3n) is 7.00. The van der Waals surface area contributed by atoms with Crippen LogP contribution in [-0.4, -0.2) is 137 Å². The Morgan fingerprint density at radius 1 is 1.18 bits per heavy atom. The minimum Gasteiger partial charge on any atom is -0.479 e. The maximum absolute atomic E-state index is 13.6. The van der Waals surface area contributed by atoms with Gasteiger partial charge in [0.2, 0.25) is 11.8 Å². The number of hydrogen-bond donors (Lipinski definition) is 10. The summed E-state index contributed by atoms with van der Waals surface area (Å²) in [4.78, 5) is 87.4. The molecule has 0 radical (unpaired) electrons. The lowest BCUT2D eigenvalue weighted by Gasteiger charge is -2.43. The van der Waals surface area contributed by atoms with Crippen molar-refractivity contribution >= 4 is 29.8 Å². The minimum absolute atomic E-state index is 0.243. The molecule has 21 nitrogen and oxygen atoms in total. The third kappa shape index (κ3) is 6.61. The highest BCUT2D eigenvalue weighted by molar-refractivity contribution is 5.95. The van der Waals surface area contributed by atoms with Crippen LogP contribution >= 0.6 is 0 Å². The highest BCUT2D eigenvalue weighted by Crippen LogP contribution is 2.33. The molecular weight excluding hydrogens is 600 g/mol. The Labute approximate surface area is 244 Å². The number of carboxylic acids is 2. The zero-order chi connectivity index (χ0) is 33.2. The number of rotatable bonds is 11. The molecule has 12 N–H and O–H groups in total. The molecule has 0 spiro atoms. The number of nitrogens with zero attached hydrogens (tertiary/aromatic N) is 2. The van der Waals surface area contributed by atoms with Gasteiger partial charge in [0.15, 0.2) is 12.3 Å². The molecular formula is C23H30N6O15. The number of aromatic nitrogens is 2. The van der Waals surface area contributed by atoms with Gasteiger partial charge in [0.25, 0.3) is 5.56 Å². The number of nitrogens with one attached hydrogen (secondary N) is 2. The van der Waals surface area contributed by atoms with Gasteiger partial charge in [0.05, 0.1) is 0 Å². The predicted octanol–water partition coefficient (Wildman–Crippen LogP) is -6.28. The molecule has 2 aliphatic rings. The topological polar surface area (TPSA) is 347 Å². The molecule has 44 heavy (non-hydrogen) atoms. The molecule has 2 aliphatic heterocycles. The van der Waals surface area contributed by atoms with E-state index in [1.807, 2.05) is 0 Å². The normalized spacial score (nSPS) is 26.6. The minimum atomic E-state index is -2.13. The third-order valence-corrected chi connectivity index (χ3v) is 7.00. The zero-order valence-corrected chi connectivity index (χ0v) is 22.7. The summed E-state index contributed by atoms with van der Waals surface area (Å²) in [6, 6.07) is -5.63. The first kappa shape index (κ1) is 33.8. The molecule has 0 bridgehead atoms. The van der Waals surface area contributed by atoms with Gasteiger partial charge in [-0.25, -0.2) is 19.2 Å². The average Bonchev–Trinajstić information content (AvgIpc) is 3.21. The highest BCUT2D eigenvalue weighted by Gasteiger charge is 2.54. The van der Waals surface area contributed by atoms with E-state index in [1.54, 1.807) is 4.98 Å². The Morgan fingerprint density at radius 3 is 2.36 bits per heavy atom. The average molecular weight is 631 g/mol. The smallest absolute Gasteiger partial charge is 0.404 e. The van der Waals surface area contributed by atoms with Crippen molar-refractivity contribution in [2.75, 3.05) is 13.2 Å². The van der Waals surface area contributed by atoms with Crippen LogP contribution in [0.1, 0.15) is 23.5 Å². The van der Waals surface area contributed by atoms with Gasteiger partial charge < -0.3 is 61.8 Å². The van der Waals surface area contributed by atoms with Gasteiger partial charge in [-0.2, -0.15) is 0 Å². The number of carbonyl (C=O) groups is 5. The summed E-state index contributed by atoms with van der Waals surface area (Å²) >= 11 is 0. The molecule has 2 saturated heterocycles. The summed E-state index contributed by atoms with van der Waals surface area (Å²) in [5, 5.41) is 62.7. The molecule has 242 valence electrons. The monoisotopic (exact) mass is 630 g/mol. The number of nitrogens with two attached hydrogens (primary N) is 2. The summed E-state index contributed by atoms with van der Waals surface area (Å²) < 4.78 is 10.3. The Balaban J connectivity index is 1.97. The van der Waals surface area contributed by atoms with E-state index in [4.69, 9.17) is 16.2 Å². The molecule has 9 atom stereocenters. The van der Waals surface area contributed by atoms with Gasteiger partial charge in [0.1, 0.15) is 54.8 Å². The molecule has 1 unspecified atom stereocenters. The number of hydrogen-bond acceptors (Lipinski definition) is 14. The first-order chi connectivity index (χ1) is 20.5. The molecule has 0 aromatic carbocycles. The first-order valence-corrected chi connectivity index (χ1v) is 12.6. The van der Waals surface area contributed by atoms with Crippen LogP contribution in [0.4, 0.5) is 4.79 Å². The summed E-state index contributed by atoms with van der Waals surface area (Å²) in [5.41, 5.74) is 7.25. The van der Waals surface area contributed by atoms with Crippen LogP contribution in [-0.2, 0) is 23.9 Å². The van der Waals surface area contributed by atoms with Crippen LogP contribution in [0, 0.1) is 0 Å². The summed E-state index contributed by atoms with van der Waals surface area (Å²) in [7, 11) is 0. The van der Waals surface area contributed by atoms with Gasteiger partial charge in [0, 0.05) is 12.7 Å². The predicted molar refractivity (Wildman–Crippen MR) is 139 cm³/mol. The molecule has 1 aromatic heterocycles. The zero-order valence-electron chi connectivity index (χ0n) is 22.7. The van der Waals surface area contributed by atoms with E-state index in [1.165, 1.54) is 13.0 Å². The molecule has 3 amide bonds. The number of amides is 3. The summed E-state index contributed by atoms with van der Waals surface area (Å²) in [6.45, 7) is 0.384. The van der Waals surface area contributed by atoms with Gasteiger partial charge in [-0.3, -0.25) is 23.9 Å². The molecule has 0 aliphatic carbocycles. The van der Waals surface area contributed by atoms with E-state index < -0.39 is 108 Å². The SMILES string of the molecule is C/C=C1/CN(C(=O)[C@@H](NC(=O)[C@@H](N)[C@H](O)[C@@H](O)COC(N)=O)C2O[C@@H](n3cc(C(=O)O)c(=O)[nH]c3=O)[C@H](O)[C@@H]2O)[C@@H]1C(=O)O. The van der Waals surface area contributed by atoms with Gasteiger partial charge >= 0.3 is 23.7 Å². The fourth-order valence-corrected chi connectivity index (χ4v) is 4.60. The van der Waals surface area contributed by atoms with Crippen molar-refractivity contribution in [2.24, 2.45) is 11.5 Å². The molecule has 1 aromatic rings. The van der Waals surface area contributed by atoms with Crippen LogP contribution in [0.15, 0.2) is 27.4 Å². The number of aromatic amines is 1. The number of H-pyrrole nitrogens is 1. The Morgan fingerprint density at radius 2 is 1.82 bits per heavy atom. The van der Waals surface area contributed by atoms with Crippen molar-refractivity contribution in [3.8, 4) is 0 Å². The number of aliphatic hydroxyl groups excluding tert-OH is 4. The second-order valence-corrected chi connectivity index (χ2v) is 9.76. The fourth-order valence-electron chi connectivity index (χ4n) is 4.60. The van der Waals surface area contributed by atoms with E-state index in [9.17, 15) is 64.2 Å². The number of primary amides is 1. The number of carbonyl (C=O) groups excluding carboxylic acids is 3. The number of aliphatic hydroxyl groups is 4. The number of allylic oxidation sites excluding steroid dienone is 1. The van der Waals surface area contributed by atoms with Crippen molar-refractivity contribution in [2.45, 2.75) is 61.8 Å². The Bertz CT molecular complexity index is 1470. The molecule has 3 heterocycles. The van der Waals surface area contributed by atoms with E-state index in [0.717, 1.165) is 4.90 Å². The lowest BCUT2D eigenvalue weighted by molar-refractivity contribution is -0.157. The quantitative estimate of drug-likeness (QED) is 0.102. The van der Waals surface area contributed by atoms with Crippen LogP contribution in [0.3, 0.4) is 0 Å². The van der Waals surface area contributed by atoms with Gasteiger partial charge in [-0.05, 0) is 12.5 Å². The summed E-state index contributed by atoms with van der Waals surface area (Å²) in [6.07, 6.45) is -11.6. The number of carboxylic acid groups (broad SMARTS) is 2. The Kier molecular flexibility index (Phi) is 10.2. The highest BCUT2D eigenvalue weighted by atomic mass is 16.6. The molecule has 3 rings (SSSR count). The maximum atomic E-state index is 13.6. The van der Waals surface area contributed by atoms with Crippen LogP contribution < -0.4 is 28.0 Å². The standard InChI is InChI=1S/C23H30N6O15/c1-2-6-3-28(11(6)21(39)40)18(36)10(26-17(35)9(24)12(31)8(30)5-43-22(25)41)15-13(32)14(33)19(44-15)29-4-7(20(37)38)16(34)27-23(29)42/h2,4,8-15,19,30-33H,3,5,24H2,1H3,(H2,25,41)(H,26,35)(H,37,38)(H,39,40)(H,27,34,42)/b6-2-/t8-,9-,10-,11-,12+,13-,14+,15?,19+/m0/s1. The van der Waals surface area contributed by atoms with E-state index >= 15 is 0 Å². The molecule has 2 fully saturated rings. The maximum Gasteiger partial charge on any atom is 0.404 e. The number of aromatic carboxylic acids is 1.